The second kappa shape index (κ2) is 6.27. The van der Waals surface area contributed by atoms with Crippen LogP contribution in [0, 0.1) is 20.8 Å². The van der Waals surface area contributed by atoms with Crippen molar-refractivity contribution in [2.24, 2.45) is 0 Å². The zero-order chi connectivity index (χ0) is 18.2. The van der Waals surface area contributed by atoms with Gasteiger partial charge in [0.25, 0.3) is 0 Å². The van der Waals surface area contributed by atoms with E-state index in [1.807, 2.05) is 13.0 Å². The molecule has 0 saturated heterocycles. The van der Waals surface area contributed by atoms with Gasteiger partial charge in [0.1, 0.15) is 10.6 Å². The number of aryl methyl sites for hydroxylation is 3. The Kier molecular flexibility index (Phi) is 4.70. The van der Waals surface area contributed by atoms with Gasteiger partial charge >= 0.3 is 18.1 Å². The summed E-state index contributed by atoms with van der Waals surface area (Å²) in [5.74, 6) is -3.59. The molecule has 0 fully saturated rings. The average molecular weight is 357 g/mol. The van der Waals surface area contributed by atoms with Crippen molar-refractivity contribution in [2.75, 3.05) is 5.32 Å². The highest BCUT2D eigenvalue weighted by atomic mass is 32.1. The summed E-state index contributed by atoms with van der Waals surface area (Å²) in [6.45, 7) is 5.28. The molecule has 2 rings (SSSR count). The topological polar surface area (TPSA) is 66.4 Å². The predicted octanol–water partition coefficient (Wildman–Crippen LogP) is 4.54. The normalized spacial score (nSPS) is 11.4. The molecule has 4 nitrogen and oxygen atoms in total. The predicted molar refractivity (Wildman–Crippen MR) is 85.6 cm³/mol. The van der Waals surface area contributed by atoms with Crippen LogP contribution in [0.3, 0.4) is 0 Å². The fourth-order valence-corrected chi connectivity index (χ4v) is 3.48. The summed E-state index contributed by atoms with van der Waals surface area (Å²) < 4.78 is 37.4. The van der Waals surface area contributed by atoms with Crippen molar-refractivity contribution in [1.29, 1.82) is 0 Å². The molecule has 1 amide bonds. The average Bonchev–Trinajstić information content (AvgIpc) is 2.74. The number of benzene rings is 1. The lowest BCUT2D eigenvalue weighted by atomic mass is 9.96. The van der Waals surface area contributed by atoms with E-state index in [-0.39, 0.29) is 10.6 Å². The molecule has 0 saturated carbocycles. The van der Waals surface area contributed by atoms with Crippen molar-refractivity contribution in [2.45, 2.75) is 26.9 Å². The molecule has 8 heteroatoms. The molecule has 128 valence electrons. The number of thiophene rings is 1. The fraction of sp³-hybridized carbons (Fsp3) is 0.250. The van der Waals surface area contributed by atoms with E-state index in [9.17, 15) is 27.9 Å². The molecule has 2 N–H and O–H groups in total. The highest BCUT2D eigenvalue weighted by molar-refractivity contribution is 7.17. The summed E-state index contributed by atoms with van der Waals surface area (Å²) in [4.78, 5) is 23.3. The second-order valence-electron chi connectivity index (χ2n) is 5.31. The number of carbonyl (C=O) groups is 2. The lowest BCUT2D eigenvalue weighted by Crippen LogP contribution is -2.30. The van der Waals surface area contributed by atoms with Crippen LogP contribution in [0.4, 0.5) is 18.2 Å². The lowest BCUT2D eigenvalue weighted by Gasteiger charge is -2.10. The first kappa shape index (κ1) is 18.0. The van der Waals surface area contributed by atoms with E-state index in [0.717, 1.165) is 22.5 Å². The molecule has 0 spiro atoms. The summed E-state index contributed by atoms with van der Waals surface area (Å²) in [5.41, 5.74) is 2.38. The van der Waals surface area contributed by atoms with Crippen molar-refractivity contribution in [3.05, 3.63) is 39.8 Å². The molecule has 0 atom stereocenters. The van der Waals surface area contributed by atoms with Crippen molar-refractivity contribution < 1.29 is 27.9 Å². The Morgan fingerprint density at radius 2 is 1.79 bits per heavy atom. The molecule has 1 aromatic carbocycles. The Balaban J connectivity index is 2.62. The SMILES string of the molecule is Cc1ccc(-c2c(C)sc(NC(=O)C(F)(F)F)c2C(=O)O)c(C)c1. The molecule has 0 aliphatic carbocycles. The molecule has 0 unspecified atom stereocenters. The third kappa shape index (κ3) is 3.43. The number of alkyl halides is 3. The van der Waals surface area contributed by atoms with Crippen molar-refractivity contribution in [3.8, 4) is 11.1 Å². The Labute approximate surface area is 139 Å². The molecule has 1 aromatic heterocycles. The summed E-state index contributed by atoms with van der Waals surface area (Å²) >= 11 is 0.809. The molecule has 1 heterocycles. The number of hydrogen-bond donors (Lipinski definition) is 2. The Bertz CT molecular complexity index is 825. The Morgan fingerprint density at radius 3 is 2.29 bits per heavy atom. The molecule has 0 bridgehead atoms. The number of carboxylic acids is 1. The number of carboxylic acid groups (broad SMARTS) is 1. The lowest BCUT2D eigenvalue weighted by molar-refractivity contribution is -0.167. The quantitative estimate of drug-likeness (QED) is 0.848. The molecule has 24 heavy (non-hydrogen) atoms. The smallest absolute Gasteiger partial charge is 0.471 e. The van der Waals surface area contributed by atoms with Gasteiger partial charge in [0.05, 0.1) is 0 Å². The van der Waals surface area contributed by atoms with Crippen LogP contribution in [-0.2, 0) is 4.79 Å². The van der Waals surface area contributed by atoms with E-state index in [0.29, 0.717) is 16.0 Å². The molecule has 0 aliphatic rings. The molecular weight excluding hydrogens is 343 g/mol. The maximum Gasteiger partial charge on any atom is 0.471 e. The van der Waals surface area contributed by atoms with Crippen molar-refractivity contribution in [3.63, 3.8) is 0 Å². The number of anilines is 1. The number of nitrogens with one attached hydrogen (secondary N) is 1. The second-order valence-corrected chi connectivity index (χ2v) is 6.54. The first-order valence-corrected chi connectivity index (χ1v) is 7.66. The molecule has 0 radical (unpaired) electrons. The van der Waals surface area contributed by atoms with Crippen LogP contribution in [0.2, 0.25) is 0 Å². The number of rotatable bonds is 3. The minimum atomic E-state index is -5.09. The zero-order valence-electron chi connectivity index (χ0n) is 13.0. The zero-order valence-corrected chi connectivity index (χ0v) is 13.9. The number of halogens is 3. The third-order valence-corrected chi connectivity index (χ3v) is 4.45. The van der Waals surface area contributed by atoms with E-state index in [1.165, 1.54) is 0 Å². The van der Waals surface area contributed by atoms with Crippen LogP contribution in [0.5, 0.6) is 0 Å². The molecule has 0 aliphatic heterocycles. The van der Waals surface area contributed by atoms with E-state index in [2.05, 4.69) is 0 Å². The van der Waals surface area contributed by atoms with E-state index in [4.69, 9.17) is 0 Å². The van der Waals surface area contributed by atoms with Crippen LogP contribution >= 0.6 is 11.3 Å². The standard InChI is InChI=1S/C16H14F3NO3S/c1-7-4-5-10(8(2)6-7)11-9(3)24-13(12(11)14(21)22)20-15(23)16(17,18)19/h4-6H,1-3H3,(H,20,23)(H,21,22). The number of carbonyl (C=O) groups excluding carboxylic acids is 1. The van der Waals surface area contributed by atoms with Gasteiger partial charge in [-0.15, -0.1) is 11.3 Å². The highest BCUT2D eigenvalue weighted by Crippen LogP contribution is 2.41. The number of amides is 1. The molecular formula is C16H14F3NO3S. The number of aromatic carboxylic acids is 1. The van der Waals surface area contributed by atoms with E-state index in [1.54, 1.807) is 31.3 Å². The Morgan fingerprint density at radius 1 is 1.17 bits per heavy atom. The first-order chi connectivity index (χ1) is 11.0. The van der Waals surface area contributed by atoms with Crippen LogP contribution < -0.4 is 5.32 Å². The van der Waals surface area contributed by atoms with Gasteiger partial charge in [-0.05, 0) is 31.9 Å². The summed E-state index contributed by atoms with van der Waals surface area (Å²) in [6.07, 6.45) is -5.09. The molecule has 2 aromatic rings. The van der Waals surface area contributed by atoms with Gasteiger partial charge in [0.2, 0.25) is 0 Å². The minimum absolute atomic E-state index is 0.322. The van der Waals surface area contributed by atoms with Gasteiger partial charge < -0.3 is 10.4 Å². The summed E-state index contributed by atoms with van der Waals surface area (Å²) in [5, 5.41) is 10.8. The van der Waals surface area contributed by atoms with E-state index >= 15 is 0 Å². The van der Waals surface area contributed by atoms with Crippen LogP contribution in [0.1, 0.15) is 26.4 Å². The number of hydrogen-bond acceptors (Lipinski definition) is 3. The van der Waals surface area contributed by atoms with Gasteiger partial charge in [-0.1, -0.05) is 23.8 Å². The van der Waals surface area contributed by atoms with Gasteiger partial charge in [0.15, 0.2) is 0 Å². The monoisotopic (exact) mass is 357 g/mol. The van der Waals surface area contributed by atoms with Crippen LogP contribution in [0.25, 0.3) is 11.1 Å². The van der Waals surface area contributed by atoms with E-state index < -0.39 is 18.1 Å². The minimum Gasteiger partial charge on any atom is -0.478 e. The summed E-state index contributed by atoms with van der Waals surface area (Å²) in [7, 11) is 0. The summed E-state index contributed by atoms with van der Waals surface area (Å²) in [6, 6.07) is 5.37. The van der Waals surface area contributed by atoms with Gasteiger partial charge in [-0.2, -0.15) is 13.2 Å². The van der Waals surface area contributed by atoms with Crippen LogP contribution in [-0.4, -0.2) is 23.2 Å². The van der Waals surface area contributed by atoms with Gasteiger partial charge in [0, 0.05) is 10.4 Å². The first-order valence-electron chi connectivity index (χ1n) is 6.85. The Hall–Kier alpha value is -2.35. The van der Waals surface area contributed by atoms with Gasteiger partial charge in [-0.3, -0.25) is 4.79 Å². The van der Waals surface area contributed by atoms with Gasteiger partial charge in [-0.25, -0.2) is 4.79 Å². The maximum atomic E-state index is 12.5. The maximum absolute atomic E-state index is 12.5. The third-order valence-electron chi connectivity index (χ3n) is 3.43. The highest BCUT2D eigenvalue weighted by Gasteiger charge is 2.40. The van der Waals surface area contributed by atoms with Crippen molar-refractivity contribution in [1.82, 2.24) is 0 Å². The van der Waals surface area contributed by atoms with Crippen molar-refractivity contribution >= 4 is 28.2 Å². The largest absolute Gasteiger partial charge is 0.478 e. The van der Waals surface area contributed by atoms with Crippen LogP contribution in [0.15, 0.2) is 18.2 Å². The fourth-order valence-electron chi connectivity index (χ4n) is 2.43.